The number of pyridine rings is 6. The van der Waals surface area contributed by atoms with E-state index in [1.807, 2.05) is 131 Å². The monoisotopic (exact) mass is 1780 g/mol. The molecule has 12 rings (SSSR count). The number of benzene rings is 6. The van der Waals surface area contributed by atoms with Crippen LogP contribution in [0.3, 0.4) is 0 Å². The maximum atomic E-state index is 12.1. The lowest BCUT2D eigenvalue weighted by atomic mass is 9.79. The maximum absolute atomic E-state index is 12.1. The van der Waals surface area contributed by atoms with Crippen LogP contribution in [0.25, 0.3) is 66.8 Å². The largest absolute Gasteiger partial charge is 0.392 e. The van der Waals surface area contributed by atoms with Gasteiger partial charge >= 0.3 is 0 Å². The molecule has 4 N–H and O–H groups in total. The molecule has 0 amide bonds. The van der Waals surface area contributed by atoms with E-state index in [4.69, 9.17) is 0 Å². The van der Waals surface area contributed by atoms with E-state index < -0.39 is 0 Å². The first-order valence-electron chi connectivity index (χ1n) is 45.5. The summed E-state index contributed by atoms with van der Waals surface area (Å²) >= 11 is 0. The van der Waals surface area contributed by atoms with E-state index in [1.165, 1.54) is 72.3 Å². The number of aliphatic hydroxyl groups is 4. The molecule has 702 valence electrons. The molecule has 0 radical (unpaired) electrons. The quantitative estimate of drug-likeness (QED) is 0.102. The van der Waals surface area contributed by atoms with E-state index in [0.717, 1.165) is 128 Å². The number of hydrogen-bond acceptors (Lipinski definition) is 10. The number of hydrogen-bond donors (Lipinski definition) is 4. The van der Waals surface area contributed by atoms with Gasteiger partial charge < -0.3 is 47.8 Å². The normalized spacial score (nSPS) is 11.8. The summed E-state index contributed by atoms with van der Waals surface area (Å²) < 4.78 is 9.77. The average Bonchev–Trinajstić information content (AvgIpc) is 0.780. The highest BCUT2D eigenvalue weighted by Crippen LogP contribution is 2.41. The highest BCUT2D eigenvalue weighted by Gasteiger charge is 2.28. The summed E-state index contributed by atoms with van der Waals surface area (Å²) in [6.45, 7) is 69.2. The summed E-state index contributed by atoms with van der Waals surface area (Å²) in [5.74, 6) is 0. The van der Waals surface area contributed by atoms with Crippen molar-refractivity contribution < 1.29 is 20.4 Å². The van der Waals surface area contributed by atoms with Crippen LogP contribution >= 0.6 is 0 Å². The lowest BCUT2D eigenvalue weighted by Gasteiger charge is -2.26. The van der Waals surface area contributed by atoms with Crippen LogP contribution in [0, 0.1) is 104 Å². The van der Waals surface area contributed by atoms with Crippen LogP contribution < -0.4 is 33.4 Å². The van der Waals surface area contributed by atoms with E-state index in [-0.39, 0.29) is 92.3 Å². The molecular formula is C115H152N6O10. The molecule has 0 saturated heterocycles. The Morgan fingerprint density at radius 2 is 0.466 bits per heavy atom. The van der Waals surface area contributed by atoms with Crippen molar-refractivity contribution in [2.75, 3.05) is 0 Å². The van der Waals surface area contributed by atoms with Gasteiger partial charge in [0.1, 0.15) is 0 Å². The first-order chi connectivity index (χ1) is 60.3. The number of aromatic nitrogens is 6. The van der Waals surface area contributed by atoms with Gasteiger partial charge in [-0.25, -0.2) is 0 Å². The molecule has 0 unspecified atom stereocenters. The minimum atomic E-state index is -0.0187. The molecule has 6 heterocycles. The fourth-order valence-electron chi connectivity index (χ4n) is 18.6. The summed E-state index contributed by atoms with van der Waals surface area (Å²) in [7, 11) is 10.7. The van der Waals surface area contributed by atoms with Crippen LogP contribution in [0.15, 0.2) is 169 Å². The van der Waals surface area contributed by atoms with Gasteiger partial charge in [0.05, 0.1) is 26.4 Å². The van der Waals surface area contributed by atoms with Crippen LogP contribution in [0.4, 0.5) is 0 Å². The van der Waals surface area contributed by atoms with Crippen LogP contribution in [-0.4, -0.2) is 47.8 Å². The van der Waals surface area contributed by atoms with Gasteiger partial charge in [-0.15, -0.1) is 0 Å². The van der Waals surface area contributed by atoms with Gasteiger partial charge in [-0.1, -0.05) is 197 Å². The molecule has 16 heteroatoms. The molecule has 0 fully saturated rings. The molecule has 6 aromatic carbocycles. The van der Waals surface area contributed by atoms with Gasteiger partial charge in [-0.05, 0) is 322 Å². The zero-order valence-corrected chi connectivity index (χ0v) is 86.5. The summed E-state index contributed by atoms with van der Waals surface area (Å²) in [6, 6.07) is 35.8. The van der Waals surface area contributed by atoms with Crippen LogP contribution in [0.2, 0.25) is 0 Å². The number of aliphatic hydroxyl groups excluding tert-OH is 4. The van der Waals surface area contributed by atoms with Gasteiger partial charge in [0.2, 0.25) is 0 Å². The van der Waals surface area contributed by atoms with Crippen molar-refractivity contribution in [2.45, 2.75) is 287 Å². The van der Waals surface area contributed by atoms with Gasteiger partial charge in [0, 0.05) is 130 Å². The summed E-state index contributed by atoms with van der Waals surface area (Å²) in [5.41, 5.74) is 39.5. The second kappa shape index (κ2) is 41.8. The predicted octanol–water partition coefficient (Wildman–Crippen LogP) is 22.7. The molecule has 12 aromatic rings. The smallest absolute Gasteiger partial charge is 0.253 e. The zero-order chi connectivity index (χ0) is 99.4. The van der Waals surface area contributed by atoms with E-state index in [1.54, 1.807) is 62.6 Å². The zero-order valence-electron chi connectivity index (χ0n) is 86.5. The number of nitrogens with zero attached hydrogens (tertiary/aromatic N) is 6. The first kappa shape index (κ1) is 107. The van der Waals surface area contributed by atoms with Crippen molar-refractivity contribution >= 4 is 0 Å². The molecule has 0 aliphatic heterocycles. The summed E-state index contributed by atoms with van der Waals surface area (Å²) in [5, 5.41) is 39.3. The van der Waals surface area contributed by atoms with E-state index in [9.17, 15) is 49.2 Å². The van der Waals surface area contributed by atoms with Crippen molar-refractivity contribution in [2.24, 2.45) is 42.3 Å². The highest BCUT2D eigenvalue weighted by atomic mass is 16.3. The lowest BCUT2D eigenvalue weighted by Crippen LogP contribution is -2.20. The van der Waals surface area contributed by atoms with E-state index in [0.29, 0.717) is 5.56 Å². The Hall–Kier alpha value is -11.1. The van der Waals surface area contributed by atoms with Crippen LogP contribution in [0.1, 0.15) is 264 Å². The third-order valence-electron chi connectivity index (χ3n) is 25.4. The Labute approximate surface area is 781 Å². The Kier molecular flexibility index (Phi) is 34.1. The van der Waals surface area contributed by atoms with Gasteiger partial charge in [-0.3, -0.25) is 28.8 Å². The molecule has 0 spiro atoms. The second-order valence-corrected chi connectivity index (χ2v) is 42.6. The van der Waals surface area contributed by atoms with Crippen molar-refractivity contribution in [3.63, 3.8) is 0 Å². The third-order valence-corrected chi connectivity index (χ3v) is 25.4. The van der Waals surface area contributed by atoms with Crippen LogP contribution in [0.5, 0.6) is 0 Å². The fraction of sp³-hybridized carbons (Fsp3) is 0.426. The van der Waals surface area contributed by atoms with E-state index in [2.05, 4.69) is 245 Å². The third kappa shape index (κ3) is 25.0. The van der Waals surface area contributed by atoms with Crippen molar-refractivity contribution in [1.29, 1.82) is 0 Å². The number of aryl methyl sites for hydroxylation is 15. The van der Waals surface area contributed by atoms with Gasteiger partial charge in [0.25, 0.3) is 33.4 Å². The Balaban J connectivity index is 0.000000215. The lowest BCUT2D eigenvalue weighted by molar-refractivity contribution is 0.278. The molecule has 131 heavy (non-hydrogen) atoms. The summed E-state index contributed by atoms with van der Waals surface area (Å²) in [4.78, 5) is 71.6. The van der Waals surface area contributed by atoms with Crippen molar-refractivity contribution in [3.8, 4) is 66.8 Å². The second-order valence-electron chi connectivity index (χ2n) is 42.6. The summed E-state index contributed by atoms with van der Waals surface area (Å²) in [6.07, 6.45) is 11.3. The van der Waals surface area contributed by atoms with Gasteiger partial charge in [0.15, 0.2) is 0 Å². The molecule has 0 aliphatic rings. The maximum Gasteiger partial charge on any atom is 0.253 e. The number of rotatable bonds is 10. The topological polar surface area (TPSA) is 213 Å². The molecule has 0 atom stereocenters. The van der Waals surface area contributed by atoms with Crippen molar-refractivity contribution in [3.05, 3.63) is 342 Å². The molecule has 0 bridgehead atoms. The molecule has 16 nitrogen and oxygen atoms in total. The SMILES string of the molecule is Cc1cc(-c2cc(C)c(=O)n(C)c2)c(CO)cc1C(C)(C)C.Cc1cc(-c2cc(C)c(=O)n(C)c2)cc(CO)c1C(C)(C)C.Cc1cc(-c2cc(C)c(=O)n(C)c2)ccc1C(C)(C)C.Cc1cc(-c2cn(C)c(=O)c(C)c2C)c(CO)cc1C(C)(C)C.Cc1cc(-c2cn(C)c(=O)c(C)c2C)cc(CO)c1C(C)(C)C.Cc1cc(-c2cn(C)c(=O)c(C)c2C)ccc1C(C)(C)C. The van der Waals surface area contributed by atoms with E-state index >= 15 is 0 Å². The Morgan fingerprint density at radius 1 is 0.206 bits per heavy atom. The fourth-order valence-corrected chi connectivity index (χ4v) is 18.6. The minimum Gasteiger partial charge on any atom is -0.392 e. The van der Waals surface area contributed by atoms with Crippen molar-refractivity contribution in [1.82, 2.24) is 27.4 Å². The average molecular weight is 1780 g/mol. The molecule has 0 saturated carbocycles. The molecule has 6 aromatic heterocycles. The molecule has 0 aliphatic carbocycles. The highest BCUT2D eigenvalue weighted by molar-refractivity contribution is 5.75. The Bertz CT molecular complexity index is 6580. The molecular weight excluding hydrogens is 1630 g/mol. The van der Waals surface area contributed by atoms with Crippen LogP contribution in [-0.2, 0) is 101 Å². The Morgan fingerprint density at radius 3 is 0.809 bits per heavy atom. The minimum absolute atomic E-state index is 0.0114. The standard InChI is InChI=1S/2C20H27NO2.2C19H25NO2.C19H25NO.C18H23NO/c1-12-8-16(15(11-22)9-18(12)20(4,5)6)17-10-21(7)19(23)14(3)13(17)2;1-12-8-15(9-16(11-22)18(12)20(4,5)6)17-10-21(7)19(23)14(3)13(17)2;1-12-8-16(14-7-13(2)18(22)20(6)10-14)15(11-21)9-17(12)19(3,4)5;1-12-7-14(9-16(11-21)17(12)19(3,4)5)15-8-13(2)18(22)20(6)10-15;1-12-10-15(8-9-17(12)19(4,5)6)16-11-20(7)18(21)14(3)13(16)2;1-12-9-14(7-8-16(12)18(3,4)5)15-10-13(2)17(20)19(6)11-15/h2*8-10,22H,11H2,1-7H3;2*7-10,21H,11H2,1-6H3;8-11H,1-7H3;7-11H,1-6H3. The first-order valence-corrected chi connectivity index (χ1v) is 45.5. The van der Waals surface area contributed by atoms with Gasteiger partial charge in [-0.2, -0.15) is 0 Å². The predicted molar refractivity (Wildman–Crippen MR) is 550 cm³/mol.